The zero-order valence-electron chi connectivity index (χ0n) is 17.4. The number of benzene rings is 2. The minimum atomic E-state index is -0.614. The first-order chi connectivity index (χ1) is 16.4. The number of ether oxygens (including phenoxy) is 1. The summed E-state index contributed by atoms with van der Waals surface area (Å²) in [6, 6.07) is 8.20. The van der Waals surface area contributed by atoms with E-state index >= 15 is 0 Å². The van der Waals surface area contributed by atoms with Crippen LogP contribution in [0.2, 0.25) is 10.0 Å². The van der Waals surface area contributed by atoms with Crippen molar-refractivity contribution in [2.75, 3.05) is 41.9 Å². The first kappa shape index (κ1) is 23.5. The fourth-order valence-electron chi connectivity index (χ4n) is 2.99. The molecule has 0 aliphatic carbocycles. The van der Waals surface area contributed by atoms with Gasteiger partial charge in [0.05, 0.1) is 29.4 Å². The number of hydrazone groups is 1. The number of halogens is 3. The Morgan fingerprint density at radius 2 is 1.79 bits per heavy atom. The first-order valence-electron chi connectivity index (χ1n) is 9.93. The van der Waals surface area contributed by atoms with Crippen molar-refractivity contribution < 1.29 is 14.1 Å². The molecule has 1 aliphatic heterocycles. The number of morpholine rings is 1. The zero-order chi connectivity index (χ0) is 24.1. The molecule has 1 aromatic heterocycles. The average molecular weight is 507 g/mol. The second-order valence-electron chi connectivity index (χ2n) is 6.97. The Kier molecular flexibility index (Phi) is 7.30. The molecule has 0 saturated carbocycles. The quantitative estimate of drug-likeness (QED) is 0.274. The van der Waals surface area contributed by atoms with Gasteiger partial charge in [0, 0.05) is 30.4 Å². The summed E-state index contributed by atoms with van der Waals surface area (Å²) in [6.45, 7) is 2.24. The number of rotatable bonds is 7. The lowest BCUT2D eigenvalue weighted by atomic mass is 10.2. The number of nitrogens with zero attached hydrogens (tertiary/aromatic N) is 6. The van der Waals surface area contributed by atoms with E-state index in [1.807, 2.05) is 4.90 Å². The fourth-order valence-corrected chi connectivity index (χ4v) is 3.49. The number of nitrogens with one attached hydrogen (secondary N) is 2. The Morgan fingerprint density at radius 3 is 2.50 bits per heavy atom. The van der Waals surface area contributed by atoms with Crippen LogP contribution in [0.25, 0.3) is 0 Å². The maximum Gasteiger partial charge on any atom is 0.288 e. The Hall–Kier alpha value is -3.61. The van der Waals surface area contributed by atoms with Gasteiger partial charge in [-0.1, -0.05) is 23.2 Å². The van der Waals surface area contributed by atoms with E-state index in [0.29, 0.717) is 37.9 Å². The molecule has 2 N–H and O–H groups in total. The second-order valence-corrected chi connectivity index (χ2v) is 7.78. The lowest BCUT2D eigenvalue weighted by Crippen LogP contribution is -2.37. The molecule has 0 radical (unpaired) electrons. The third kappa shape index (κ3) is 5.84. The van der Waals surface area contributed by atoms with E-state index in [-0.39, 0.29) is 39.0 Å². The molecular formula is C20H17Cl2FN8O3. The number of nitro benzene ring substituents is 1. The molecule has 0 unspecified atom stereocenters. The van der Waals surface area contributed by atoms with E-state index < -0.39 is 4.92 Å². The summed E-state index contributed by atoms with van der Waals surface area (Å²) in [6.07, 6.45) is 1.29. The van der Waals surface area contributed by atoms with E-state index in [1.54, 1.807) is 12.1 Å². The van der Waals surface area contributed by atoms with E-state index in [9.17, 15) is 14.5 Å². The van der Waals surface area contributed by atoms with E-state index in [0.717, 1.165) is 0 Å². The third-order valence-corrected chi connectivity index (χ3v) is 5.28. The van der Waals surface area contributed by atoms with Crippen molar-refractivity contribution in [3.63, 3.8) is 0 Å². The van der Waals surface area contributed by atoms with Gasteiger partial charge in [0.1, 0.15) is 10.8 Å². The zero-order valence-corrected chi connectivity index (χ0v) is 18.9. The van der Waals surface area contributed by atoms with Crippen molar-refractivity contribution in [2.45, 2.75) is 0 Å². The molecule has 176 valence electrons. The van der Waals surface area contributed by atoms with Crippen LogP contribution in [0.15, 0.2) is 41.5 Å². The van der Waals surface area contributed by atoms with Gasteiger partial charge in [-0.05, 0) is 30.3 Å². The standard InChI is InChI=1S/C20H17Cl2FN8O3/c21-15-10-16(22)17(31(32)33)9-12(15)11-24-29-19-26-18(25-14-3-1-13(23)2-4-14)27-20(28-19)30-5-7-34-8-6-30/h1-4,9-11H,5-8H2,(H2,25,26,27,28,29)/b24-11-. The summed E-state index contributed by atoms with van der Waals surface area (Å²) in [5.74, 6) is 0.340. The molecule has 11 nitrogen and oxygen atoms in total. The molecule has 0 amide bonds. The van der Waals surface area contributed by atoms with Crippen molar-refractivity contribution in [1.82, 2.24) is 15.0 Å². The number of hydrogen-bond acceptors (Lipinski definition) is 10. The highest BCUT2D eigenvalue weighted by Gasteiger charge is 2.17. The summed E-state index contributed by atoms with van der Waals surface area (Å²) >= 11 is 12.0. The molecule has 1 saturated heterocycles. The van der Waals surface area contributed by atoms with Gasteiger partial charge in [-0.2, -0.15) is 20.1 Å². The maximum absolute atomic E-state index is 13.2. The molecule has 4 rings (SSSR count). The van der Waals surface area contributed by atoms with Crippen molar-refractivity contribution in [3.05, 3.63) is 67.9 Å². The van der Waals surface area contributed by atoms with Gasteiger partial charge in [-0.3, -0.25) is 10.1 Å². The lowest BCUT2D eigenvalue weighted by Gasteiger charge is -2.27. The Morgan fingerprint density at radius 1 is 1.09 bits per heavy atom. The summed E-state index contributed by atoms with van der Waals surface area (Å²) in [5.41, 5.74) is 3.24. The van der Waals surface area contributed by atoms with Crippen LogP contribution >= 0.6 is 23.2 Å². The van der Waals surface area contributed by atoms with Crippen LogP contribution in [-0.4, -0.2) is 52.4 Å². The van der Waals surface area contributed by atoms with Gasteiger partial charge in [-0.15, -0.1) is 0 Å². The Labute approximate surface area is 202 Å². The largest absolute Gasteiger partial charge is 0.378 e. The SMILES string of the molecule is O=[N+]([O-])c1cc(/C=N\Nc2nc(Nc3ccc(F)cc3)nc(N3CCOCC3)n2)c(Cl)cc1Cl. The minimum absolute atomic E-state index is 0.0794. The summed E-state index contributed by atoms with van der Waals surface area (Å²) in [7, 11) is 0. The predicted octanol–water partition coefficient (Wildman–Crippen LogP) is 4.25. The third-order valence-electron chi connectivity index (χ3n) is 4.65. The fraction of sp³-hybridized carbons (Fsp3) is 0.200. The van der Waals surface area contributed by atoms with Gasteiger partial charge in [0.15, 0.2) is 0 Å². The topological polar surface area (TPSA) is 131 Å². The van der Waals surface area contributed by atoms with Gasteiger partial charge >= 0.3 is 0 Å². The maximum atomic E-state index is 13.2. The van der Waals surface area contributed by atoms with E-state index in [1.165, 1.54) is 30.5 Å². The molecule has 34 heavy (non-hydrogen) atoms. The van der Waals surface area contributed by atoms with Crippen LogP contribution in [0.3, 0.4) is 0 Å². The number of aromatic nitrogens is 3. The number of hydrogen-bond donors (Lipinski definition) is 2. The molecule has 14 heteroatoms. The van der Waals surface area contributed by atoms with Crippen molar-refractivity contribution in [3.8, 4) is 0 Å². The number of anilines is 4. The van der Waals surface area contributed by atoms with Gasteiger partial charge < -0.3 is 15.0 Å². The monoisotopic (exact) mass is 506 g/mol. The van der Waals surface area contributed by atoms with Gasteiger partial charge in [0.2, 0.25) is 17.8 Å². The van der Waals surface area contributed by atoms with E-state index in [2.05, 4.69) is 30.8 Å². The van der Waals surface area contributed by atoms with E-state index in [4.69, 9.17) is 27.9 Å². The predicted molar refractivity (Wildman–Crippen MR) is 127 cm³/mol. The highest BCUT2D eigenvalue weighted by molar-refractivity contribution is 6.37. The van der Waals surface area contributed by atoms with Gasteiger partial charge in [0.25, 0.3) is 5.69 Å². The molecule has 2 aromatic carbocycles. The molecule has 0 atom stereocenters. The molecular weight excluding hydrogens is 490 g/mol. The molecule has 0 bridgehead atoms. The van der Waals surface area contributed by atoms with Crippen LogP contribution < -0.4 is 15.6 Å². The summed E-state index contributed by atoms with van der Waals surface area (Å²) in [4.78, 5) is 25.5. The van der Waals surface area contributed by atoms with Crippen molar-refractivity contribution >= 4 is 58.6 Å². The molecule has 0 spiro atoms. The highest BCUT2D eigenvalue weighted by atomic mass is 35.5. The molecule has 1 fully saturated rings. The van der Waals surface area contributed by atoms with Crippen LogP contribution in [-0.2, 0) is 4.74 Å². The van der Waals surface area contributed by atoms with Gasteiger partial charge in [-0.25, -0.2) is 9.82 Å². The first-order valence-corrected chi connectivity index (χ1v) is 10.7. The lowest BCUT2D eigenvalue weighted by molar-refractivity contribution is -0.384. The minimum Gasteiger partial charge on any atom is -0.378 e. The van der Waals surface area contributed by atoms with Crippen molar-refractivity contribution in [2.24, 2.45) is 5.10 Å². The number of nitro groups is 1. The smallest absolute Gasteiger partial charge is 0.288 e. The Balaban J connectivity index is 1.59. The normalized spacial score (nSPS) is 13.8. The van der Waals surface area contributed by atoms with Crippen molar-refractivity contribution in [1.29, 1.82) is 0 Å². The van der Waals surface area contributed by atoms with Crippen LogP contribution in [0.1, 0.15) is 5.56 Å². The Bertz CT molecular complexity index is 1220. The summed E-state index contributed by atoms with van der Waals surface area (Å²) in [5, 5.41) is 18.3. The second kappa shape index (κ2) is 10.5. The summed E-state index contributed by atoms with van der Waals surface area (Å²) < 4.78 is 18.6. The average Bonchev–Trinajstić information content (AvgIpc) is 2.82. The van der Waals surface area contributed by atoms with Crippen LogP contribution in [0.5, 0.6) is 0 Å². The molecule has 1 aliphatic rings. The highest BCUT2D eigenvalue weighted by Crippen LogP contribution is 2.30. The van der Waals surface area contributed by atoms with Crippen LogP contribution in [0, 0.1) is 15.9 Å². The molecule has 3 aromatic rings. The van der Waals surface area contributed by atoms with Crippen LogP contribution in [0.4, 0.5) is 33.6 Å². The molecule has 2 heterocycles.